The second kappa shape index (κ2) is 3.71. The van der Waals surface area contributed by atoms with Crippen LogP contribution in [0.3, 0.4) is 0 Å². The van der Waals surface area contributed by atoms with Crippen molar-refractivity contribution < 1.29 is 15.0 Å². The Labute approximate surface area is 78.8 Å². The lowest BCUT2D eigenvalue weighted by atomic mass is 10.2. The third-order valence-electron chi connectivity index (χ3n) is 1.56. The summed E-state index contributed by atoms with van der Waals surface area (Å²) in [5.74, 6) is -1.31. The van der Waals surface area contributed by atoms with Gasteiger partial charge in [0.15, 0.2) is 11.2 Å². The number of carboxylic acid groups (broad SMARTS) is 1. The fourth-order valence-corrected chi connectivity index (χ4v) is 1.77. The Bertz CT molecular complexity index is 324. The zero-order valence-electron chi connectivity index (χ0n) is 7.02. The molecule has 0 aliphatic rings. The Kier molecular flexibility index (Phi) is 2.84. The molecule has 0 saturated heterocycles. The summed E-state index contributed by atoms with van der Waals surface area (Å²) in [6.45, 7) is 1.85. The molecule has 0 aromatic carbocycles. The van der Waals surface area contributed by atoms with Crippen molar-refractivity contribution in [2.45, 2.75) is 19.4 Å². The van der Waals surface area contributed by atoms with Gasteiger partial charge in [0.2, 0.25) is 0 Å². The number of anilines is 1. The van der Waals surface area contributed by atoms with Crippen molar-refractivity contribution in [3.8, 4) is 0 Å². The van der Waals surface area contributed by atoms with Crippen LogP contribution in [0.25, 0.3) is 0 Å². The van der Waals surface area contributed by atoms with Gasteiger partial charge < -0.3 is 15.9 Å². The summed E-state index contributed by atoms with van der Waals surface area (Å²) < 4.78 is 0. The van der Waals surface area contributed by atoms with Gasteiger partial charge in [-0.3, -0.25) is 0 Å². The highest BCUT2D eigenvalue weighted by Crippen LogP contribution is 2.26. The van der Waals surface area contributed by atoms with Crippen LogP contribution in [-0.2, 0) is 11.2 Å². The molecule has 1 heterocycles. The molecule has 1 atom stereocenters. The number of aliphatic carboxylic acids is 1. The van der Waals surface area contributed by atoms with E-state index in [2.05, 4.69) is 4.98 Å². The van der Waals surface area contributed by atoms with E-state index < -0.39 is 12.1 Å². The molecule has 6 heteroatoms. The van der Waals surface area contributed by atoms with Gasteiger partial charge in [0.05, 0.1) is 5.69 Å². The standard InChI is InChI=1S/C7H10N2O3S/c1-2-3-4(5(10)6(11)12)9-7(8)13-3/h5,10H,2H2,1H3,(H2,8,9)(H,11,12). The first-order valence-electron chi connectivity index (χ1n) is 3.72. The molecule has 0 radical (unpaired) electrons. The molecule has 13 heavy (non-hydrogen) atoms. The lowest BCUT2D eigenvalue weighted by molar-refractivity contribution is -0.147. The third kappa shape index (κ3) is 1.96. The number of hydrogen-bond donors (Lipinski definition) is 3. The number of aliphatic hydroxyl groups excluding tert-OH is 1. The van der Waals surface area contributed by atoms with Gasteiger partial charge in [0, 0.05) is 4.88 Å². The zero-order chi connectivity index (χ0) is 10.0. The molecule has 0 fully saturated rings. The van der Waals surface area contributed by atoms with Crippen molar-refractivity contribution in [2.24, 2.45) is 0 Å². The van der Waals surface area contributed by atoms with Gasteiger partial charge in [-0.1, -0.05) is 6.92 Å². The van der Waals surface area contributed by atoms with E-state index in [0.717, 1.165) is 0 Å². The second-order valence-electron chi connectivity index (χ2n) is 2.45. The maximum Gasteiger partial charge on any atom is 0.338 e. The molecule has 4 N–H and O–H groups in total. The van der Waals surface area contributed by atoms with Crippen molar-refractivity contribution in [1.29, 1.82) is 0 Å². The summed E-state index contributed by atoms with van der Waals surface area (Å²) in [4.78, 5) is 14.9. The van der Waals surface area contributed by atoms with E-state index in [-0.39, 0.29) is 10.8 Å². The summed E-state index contributed by atoms with van der Waals surface area (Å²) in [6.07, 6.45) is -0.947. The minimum Gasteiger partial charge on any atom is -0.479 e. The molecule has 1 unspecified atom stereocenters. The van der Waals surface area contributed by atoms with Gasteiger partial charge in [0.25, 0.3) is 0 Å². The maximum atomic E-state index is 10.5. The average molecular weight is 202 g/mol. The van der Waals surface area contributed by atoms with Crippen LogP contribution in [0.2, 0.25) is 0 Å². The molecule has 0 amide bonds. The highest BCUT2D eigenvalue weighted by Gasteiger charge is 2.22. The van der Waals surface area contributed by atoms with Crippen LogP contribution >= 0.6 is 11.3 Å². The van der Waals surface area contributed by atoms with Crippen LogP contribution in [0.5, 0.6) is 0 Å². The topological polar surface area (TPSA) is 96.4 Å². The Hall–Kier alpha value is -1.14. The van der Waals surface area contributed by atoms with E-state index in [9.17, 15) is 9.90 Å². The molecule has 0 bridgehead atoms. The summed E-state index contributed by atoms with van der Waals surface area (Å²) in [5, 5.41) is 18.0. The molecule has 5 nitrogen and oxygen atoms in total. The van der Waals surface area contributed by atoms with Gasteiger partial charge in [-0.15, -0.1) is 11.3 Å². The molecule has 72 valence electrons. The van der Waals surface area contributed by atoms with Gasteiger partial charge in [-0.25, -0.2) is 9.78 Å². The highest BCUT2D eigenvalue weighted by atomic mass is 32.1. The largest absolute Gasteiger partial charge is 0.479 e. The SMILES string of the molecule is CCc1sc(N)nc1C(O)C(=O)O. The number of thiazole rings is 1. The molecule has 0 aliphatic carbocycles. The van der Waals surface area contributed by atoms with Gasteiger partial charge in [-0.2, -0.15) is 0 Å². The molecule has 1 rings (SSSR count). The number of aromatic nitrogens is 1. The van der Waals surface area contributed by atoms with E-state index in [0.29, 0.717) is 11.3 Å². The number of hydrogen-bond acceptors (Lipinski definition) is 5. The average Bonchev–Trinajstić information content (AvgIpc) is 2.45. The number of nitrogens with two attached hydrogens (primary N) is 1. The number of carboxylic acids is 1. The fourth-order valence-electron chi connectivity index (χ4n) is 0.966. The first-order chi connectivity index (χ1) is 6.06. The minimum atomic E-state index is -1.57. The van der Waals surface area contributed by atoms with Crippen LogP contribution in [-0.4, -0.2) is 21.2 Å². The van der Waals surface area contributed by atoms with E-state index in [1.807, 2.05) is 6.92 Å². The predicted molar refractivity (Wildman–Crippen MR) is 48.5 cm³/mol. The molecule has 1 aromatic rings. The molecule has 0 aliphatic heterocycles. The van der Waals surface area contributed by atoms with Crippen LogP contribution in [0.4, 0.5) is 5.13 Å². The predicted octanol–water partition coefficient (Wildman–Crippen LogP) is 0.406. The lowest BCUT2D eigenvalue weighted by Crippen LogP contribution is -2.12. The molecular weight excluding hydrogens is 192 g/mol. The van der Waals surface area contributed by atoms with Crippen LogP contribution in [0, 0.1) is 0 Å². The smallest absolute Gasteiger partial charge is 0.338 e. The molecular formula is C7H10N2O3S. The number of nitrogen functional groups attached to an aromatic ring is 1. The molecule has 1 aromatic heterocycles. The van der Waals surface area contributed by atoms with Crippen molar-refractivity contribution in [3.05, 3.63) is 10.6 Å². The van der Waals surface area contributed by atoms with Gasteiger partial charge in [-0.05, 0) is 6.42 Å². The first-order valence-corrected chi connectivity index (χ1v) is 4.53. The third-order valence-corrected chi connectivity index (χ3v) is 2.60. The van der Waals surface area contributed by atoms with Gasteiger partial charge in [0.1, 0.15) is 0 Å². The maximum absolute atomic E-state index is 10.5. The molecule has 0 saturated carbocycles. The number of rotatable bonds is 3. The second-order valence-corrected chi connectivity index (χ2v) is 3.57. The Morgan fingerprint density at radius 2 is 2.38 bits per heavy atom. The Morgan fingerprint density at radius 1 is 1.77 bits per heavy atom. The summed E-state index contributed by atoms with van der Waals surface area (Å²) in [7, 11) is 0. The number of aryl methyl sites for hydroxylation is 1. The van der Waals surface area contributed by atoms with Crippen LogP contribution < -0.4 is 5.73 Å². The lowest BCUT2D eigenvalue weighted by Gasteiger charge is -2.02. The van der Waals surface area contributed by atoms with E-state index in [1.54, 1.807) is 0 Å². The molecule has 0 spiro atoms. The van der Waals surface area contributed by atoms with Crippen molar-refractivity contribution >= 4 is 22.4 Å². The van der Waals surface area contributed by atoms with E-state index in [4.69, 9.17) is 10.8 Å². The normalized spacial score (nSPS) is 12.8. The van der Waals surface area contributed by atoms with E-state index in [1.165, 1.54) is 11.3 Å². The van der Waals surface area contributed by atoms with Crippen molar-refractivity contribution in [2.75, 3.05) is 5.73 Å². The van der Waals surface area contributed by atoms with Crippen LogP contribution in [0.15, 0.2) is 0 Å². The van der Waals surface area contributed by atoms with Gasteiger partial charge >= 0.3 is 5.97 Å². The zero-order valence-corrected chi connectivity index (χ0v) is 7.84. The summed E-state index contributed by atoms with van der Waals surface area (Å²) >= 11 is 1.20. The van der Waals surface area contributed by atoms with Crippen molar-refractivity contribution in [1.82, 2.24) is 4.98 Å². The number of aliphatic hydroxyl groups is 1. The monoisotopic (exact) mass is 202 g/mol. The summed E-state index contributed by atoms with van der Waals surface area (Å²) in [5.41, 5.74) is 5.56. The Morgan fingerprint density at radius 3 is 2.85 bits per heavy atom. The number of nitrogens with zero attached hydrogens (tertiary/aromatic N) is 1. The minimum absolute atomic E-state index is 0.164. The first kappa shape index (κ1) is 9.94. The summed E-state index contributed by atoms with van der Waals surface area (Å²) in [6, 6.07) is 0. The fraction of sp³-hybridized carbons (Fsp3) is 0.429. The Balaban J connectivity index is 3.05. The van der Waals surface area contributed by atoms with E-state index >= 15 is 0 Å². The quantitative estimate of drug-likeness (QED) is 0.659. The highest BCUT2D eigenvalue weighted by molar-refractivity contribution is 7.15. The van der Waals surface area contributed by atoms with Crippen molar-refractivity contribution in [3.63, 3.8) is 0 Å². The number of carbonyl (C=O) groups is 1. The van der Waals surface area contributed by atoms with Crippen LogP contribution in [0.1, 0.15) is 23.6 Å².